The predicted octanol–water partition coefficient (Wildman–Crippen LogP) is 4.75. The van der Waals surface area contributed by atoms with E-state index in [0.29, 0.717) is 11.8 Å². The third-order valence-electron chi connectivity index (χ3n) is 7.96. The number of aliphatic hydroxyl groups is 1. The fourth-order valence-corrected chi connectivity index (χ4v) is 6.24. The summed E-state index contributed by atoms with van der Waals surface area (Å²) in [5.74, 6) is 1.31. The Labute approximate surface area is 137 Å². The van der Waals surface area contributed by atoms with Crippen molar-refractivity contribution in [2.24, 2.45) is 22.7 Å². The molecule has 2 fully saturated rings. The van der Waals surface area contributed by atoms with Gasteiger partial charge in [-0.1, -0.05) is 46.3 Å². The highest BCUT2D eigenvalue weighted by molar-refractivity contribution is 6.74. The monoisotopic (exact) mass is 322 g/mol. The molecule has 0 saturated heterocycles. The second-order valence-electron chi connectivity index (χ2n) is 9.98. The highest BCUT2D eigenvalue weighted by Gasteiger charge is 2.67. The lowest BCUT2D eigenvalue weighted by Crippen LogP contribution is -2.46. The van der Waals surface area contributed by atoms with Gasteiger partial charge in [-0.15, -0.1) is 0 Å². The maximum atomic E-state index is 10.0. The molecule has 2 bridgehead atoms. The fourth-order valence-electron chi connectivity index (χ4n) is 5.15. The van der Waals surface area contributed by atoms with Crippen LogP contribution in [0.5, 0.6) is 0 Å². The van der Waals surface area contributed by atoms with Gasteiger partial charge in [0.2, 0.25) is 0 Å². The van der Waals surface area contributed by atoms with E-state index in [4.69, 9.17) is 4.43 Å². The van der Waals surface area contributed by atoms with Crippen LogP contribution in [0, 0.1) is 22.7 Å². The first-order chi connectivity index (χ1) is 9.92. The standard InChI is InChI=1S/C19H34O2Si/c1-17(2,3)22(6,7)21-12-19(5)15-8-9-18(19,4)16-11-13(20)10-14(15)16/h11,13-15,20H,8-10,12H2,1-7H3/t13?,14?,15-,18+,19+/m0/s1. The van der Waals surface area contributed by atoms with E-state index in [9.17, 15) is 5.11 Å². The minimum atomic E-state index is -1.70. The molecule has 3 heteroatoms. The molecule has 5 atom stereocenters. The zero-order valence-corrected chi connectivity index (χ0v) is 16.5. The van der Waals surface area contributed by atoms with Crippen LogP contribution in [-0.4, -0.2) is 26.1 Å². The first-order valence-electron chi connectivity index (χ1n) is 8.97. The van der Waals surface area contributed by atoms with Crippen molar-refractivity contribution in [1.82, 2.24) is 0 Å². The van der Waals surface area contributed by atoms with Crippen LogP contribution < -0.4 is 0 Å². The molecule has 3 rings (SSSR count). The number of hydrogen-bond donors (Lipinski definition) is 1. The highest BCUT2D eigenvalue weighted by Crippen LogP contribution is 2.72. The van der Waals surface area contributed by atoms with Gasteiger partial charge < -0.3 is 9.53 Å². The van der Waals surface area contributed by atoms with Crippen molar-refractivity contribution in [2.45, 2.75) is 78.1 Å². The van der Waals surface area contributed by atoms with Crippen molar-refractivity contribution in [3.05, 3.63) is 11.6 Å². The summed E-state index contributed by atoms with van der Waals surface area (Å²) in [4.78, 5) is 0. The van der Waals surface area contributed by atoms with Gasteiger partial charge in [0.1, 0.15) is 0 Å². The van der Waals surface area contributed by atoms with Crippen molar-refractivity contribution in [3.8, 4) is 0 Å². The van der Waals surface area contributed by atoms with Crippen LogP contribution in [0.2, 0.25) is 18.1 Å². The van der Waals surface area contributed by atoms with Crippen LogP contribution in [0.15, 0.2) is 11.6 Å². The number of rotatable bonds is 3. The van der Waals surface area contributed by atoms with E-state index >= 15 is 0 Å². The molecule has 3 aliphatic rings. The van der Waals surface area contributed by atoms with Crippen LogP contribution in [0.1, 0.15) is 53.9 Å². The van der Waals surface area contributed by atoms with Crippen LogP contribution >= 0.6 is 0 Å². The van der Waals surface area contributed by atoms with E-state index in [0.717, 1.165) is 13.0 Å². The van der Waals surface area contributed by atoms with Crippen LogP contribution in [0.4, 0.5) is 0 Å². The average Bonchev–Trinajstić information content (AvgIpc) is 2.92. The summed E-state index contributed by atoms with van der Waals surface area (Å²) in [6.07, 6.45) is 5.50. The summed E-state index contributed by atoms with van der Waals surface area (Å²) in [5, 5.41) is 10.3. The second-order valence-corrected chi connectivity index (χ2v) is 14.8. The smallest absolute Gasteiger partial charge is 0.192 e. The summed E-state index contributed by atoms with van der Waals surface area (Å²) in [6, 6.07) is 0. The molecular weight excluding hydrogens is 288 g/mol. The summed E-state index contributed by atoms with van der Waals surface area (Å²) in [7, 11) is -1.70. The molecule has 0 radical (unpaired) electrons. The van der Waals surface area contributed by atoms with Crippen molar-refractivity contribution < 1.29 is 9.53 Å². The van der Waals surface area contributed by atoms with Gasteiger partial charge in [0.15, 0.2) is 8.32 Å². The van der Waals surface area contributed by atoms with E-state index in [1.807, 2.05) is 0 Å². The number of fused-ring (bicyclic) bond motifs is 5. The molecular formula is C19H34O2Si. The van der Waals surface area contributed by atoms with E-state index in [2.05, 4.69) is 53.8 Å². The lowest BCUT2D eigenvalue weighted by molar-refractivity contribution is 0.0514. The highest BCUT2D eigenvalue weighted by atomic mass is 28.4. The zero-order valence-electron chi connectivity index (χ0n) is 15.5. The molecule has 2 saturated carbocycles. The van der Waals surface area contributed by atoms with Crippen molar-refractivity contribution in [3.63, 3.8) is 0 Å². The third-order valence-corrected chi connectivity index (χ3v) is 12.4. The number of aliphatic hydroxyl groups excluding tert-OH is 1. The van der Waals surface area contributed by atoms with E-state index in [1.54, 1.807) is 5.57 Å². The van der Waals surface area contributed by atoms with Gasteiger partial charge >= 0.3 is 0 Å². The minimum absolute atomic E-state index is 0.203. The Morgan fingerprint density at radius 1 is 1.32 bits per heavy atom. The van der Waals surface area contributed by atoms with Gasteiger partial charge in [0.05, 0.1) is 6.10 Å². The molecule has 0 spiro atoms. The molecule has 0 aromatic heterocycles. The normalized spacial score (nSPS) is 44.4. The molecule has 0 aliphatic heterocycles. The Bertz CT molecular complexity index is 504. The van der Waals surface area contributed by atoms with E-state index in [-0.39, 0.29) is 22.0 Å². The molecule has 22 heavy (non-hydrogen) atoms. The lowest BCUT2D eigenvalue weighted by Gasteiger charge is -2.44. The minimum Gasteiger partial charge on any atom is -0.416 e. The van der Waals surface area contributed by atoms with Gasteiger partial charge in [-0.3, -0.25) is 0 Å². The van der Waals surface area contributed by atoms with Gasteiger partial charge in [-0.05, 0) is 54.6 Å². The summed E-state index contributed by atoms with van der Waals surface area (Å²) in [5.41, 5.74) is 2.04. The Morgan fingerprint density at radius 2 is 1.95 bits per heavy atom. The molecule has 0 aromatic carbocycles. The Morgan fingerprint density at radius 3 is 2.50 bits per heavy atom. The first kappa shape index (κ1) is 16.7. The number of hydrogen-bond acceptors (Lipinski definition) is 2. The summed E-state index contributed by atoms with van der Waals surface area (Å²) < 4.78 is 6.67. The van der Waals surface area contributed by atoms with Crippen LogP contribution in [0.3, 0.4) is 0 Å². The van der Waals surface area contributed by atoms with Crippen molar-refractivity contribution in [1.29, 1.82) is 0 Å². The molecule has 0 amide bonds. The topological polar surface area (TPSA) is 29.5 Å². The molecule has 126 valence electrons. The second kappa shape index (κ2) is 4.70. The first-order valence-corrected chi connectivity index (χ1v) is 11.9. The van der Waals surface area contributed by atoms with Crippen LogP contribution in [-0.2, 0) is 4.43 Å². The zero-order chi connectivity index (χ0) is 16.6. The third kappa shape index (κ3) is 2.04. The maximum absolute atomic E-state index is 10.0. The SMILES string of the molecule is CC(C)(C)[Si](C)(C)OC[C@]1(C)[C@H]2CC[C@]1(C)C1=CC(O)CC12. The largest absolute Gasteiger partial charge is 0.416 e. The van der Waals surface area contributed by atoms with Crippen molar-refractivity contribution >= 4 is 8.32 Å². The fraction of sp³-hybridized carbons (Fsp3) is 0.895. The Hall–Kier alpha value is -0.123. The molecule has 2 unspecified atom stereocenters. The Balaban J connectivity index is 1.84. The van der Waals surface area contributed by atoms with E-state index in [1.165, 1.54) is 12.8 Å². The molecule has 1 N–H and O–H groups in total. The summed E-state index contributed by atoms with van der Waals surface area (Å²) >= 11 is 0. The lowest BCUT2D eigenvalue weighted by atomic mass is 9.68. The average molecular weight is 323 g/mol. The van der Waals surface area contributed by atoms with E-state index < -0.39 is 8.32 Å². The maximum Gasteiger partial charge on any atom is 0.192 e. The van der Waals surface area contributed by atoms with Gasteiger partial charge in [0, 0.05) is 12.0 Å². The predicted molar refractivity (Wildman–Crippen MR) is 94.3 cm³/mol. The number of allylic oxidation sites excluding steroid dienone is 1. The van der Waals surface area contributed by atoms with Crippen molar-refractivity contribution in [2.75, 3.05) is 6.61 Å². The molecule has 2 nitrogen and oxygen atoms in total. The Kier molecular flexibility index (Phi) is 3.58. The molecule has 0 heterocycles. The van der Waals surface area contributed by atoms with Gasteiger partial charge in [0.25, 0.3) is 0 Å². The molecule has 3 aliphatic carbocycles. The van der Waals surface area contributed by atoms with Crippen LogP contribution in [0.25, 0.3) is 0 Å². The summed E-state index contributed by atoms with van der Waals surface area (Å²) in [6.45, 7) is 17.5. The van der Waals surface area contributed by atoms with Gasteiger partial charge in [-0.2, -0.15) is 0 Å². The molecule has 0 aromatic rings. The van der Waals surface area contributed by atoms with Gasteiger partial charge in [-0.25, -0.2) is 0 Å². The quantitative estimate of drug-likeness (QED) is 0.600.